The molecule has 1 rings (SSSR count). The molecule has 1 amide bonds. The molecule has 0 spiro atoms. The van der Waals surface area contributed by atoms with Crippen LogP contribution in [0.5, 0.6) is 0 Å². The average molecular weight is 212 g/mol. The Morgan fingerprint density at radius 3 is 2.87 bits per heavy atom. The second-order valence-electron chi connectivity index (χ2n) is 3.29. The van der Waals surface area contributed by atoms with Crippen LogP contribution in [0, 0.1) is 12.8 Å². The Balaban J connectivity index is 2.40. The first-order valence-electron chi connectivity index (χ1n) is 4.94. The maximum atomic E-state index is 11.5. The second kappa shape index (κ2) is 5.45. The predicted molar refractivity (Wildman–Crippen MR) is 53.7 cm³/mol. The van der Waals surface area contributed by atoms with E-state index in [2.05, 4.69) is 15.5 Å². The predicted octanol–water partition coefficient (Wildman–Crippen LogP) is -0.0209. The van der Waals surface area contributed by atoms with Gasteiger partial charge in [-0.2, -0.15) is 4.98 Å². The first kappa shape index (κ1) is 11.6. The molecule has 6 nitrogen and oxygen atoms in total. The van der Waals surface area contributed by atoms with E-state index >= 15 is 0 Å². The zero-order valence-electron chi connectivity index (χ0n) is 8.99. The summed E-state index contributed by atoms with van der Waals surface area (Å²) in [6.07, 6.45) is 0.727. The van der Waals surface area contributed by atoms with Gasteiger partial charge in [0.1, 0.15) is 0 Å². The van der Waals surface area contributed by atoms with Crippen LogP contribution in [0.3, 0.4) is 0 Å². The number of nitrogens with zero attached hydrogens (tertiary/aromatic N) is 2. The molecule has 0 aliphatic carbocycles. The molecule has 1 aromatic heterocycles. The quantitative estimate of drug-likeness (QED) is 0.715. The molecule has 0 aliphatic heterocycles. The summed E-state index contributed by atoms with van der Waals surface area (Å²) >= 11 is 0. The molecule has 1 heterocycles. The molecule has 0 aliphatic rings. The van der Waals surface area contributed by atoms with E-state index in [0.29, 0.717) is 18.3 Å². The van der Waals surface area contributed by atoms with Crippen LogP contribution in [0.1, 0.15) is 25.1 Å². The number of aromatic nitrogens is 2. The maximum absolute atomic E-state index is 11.5. The monoisotopic (exact) mass is 212 g/mol. The van der Waals surface area contributed by atoms with Crippen molar-refractivity contribution < 1.29 is 9.32 Å². The summed E-state index contributed by atoms with van der Waals surface area (Å²) < 4.78 is 4.85. The molecular formula is C9H16N4O2. The summed E-state index contributed by atoms with van der Waals surface area (Å²) in [7, 11) is 0. The van der Waals surface area contributed by atoms with Crippen LogP contribution in [-0.4, -0.2) is 22.6 Å². The van der Waals surface area contributed by atoms with Crippen LogP contribution in [0.25, 0.3) is 0 Å². The highest BCUT2D eigenvalue weighted by Gasteiger charge is 2.14. The lowest BCUT2D eigenvalue weighted by atomic mass is 10.1. The third-order valence-electron chi connectivity index (χ3n) is 2.13. The summed E-state index contributed by atoms with van der Waals surface area (Å²) in [5, 5.41) is 6.32. The molecule has 3 N–H and O–H groups in total. The number of amides is 1. The van der Waals surface area contributed by atoms with Gasteiger partial charge in [-0.25, -0.2) is 0 Å². The Hall–Kier alpha value is -1.43. The van der Waals surface area contributed by atoms with Crippen molar-refractivity contribution in [2.75, 3.05) is 6.54 Å². The van der Waals surface area contributed by atoms with E-state index in [4.69, 9.17) is 10.3 Å². The number of rotatable bonds is 5. The van der Waals surface area contributed by atoms with Gasteiger partial charge in [0, 0.05) is 12.5 Å². The number of aryl methyl sites for hydroxylation is 1. The lowest BCUT2D eigenvalue weighted by Gasteiger charge is -2.10. The molecule has 0 fully saturated rings. The first-order valence-corrected chi connectivity index (χ1v) is 4.94. The van der Waals surface area contributed by atoms with E-state index in [0.717, 1.165) is 6.42 Å². The summed E-state index contributed by atoms with van der Waals surface area (Å²) in [4.78, 5) is 15.5. The largest absolute Gasteiger partial charge is 0.347 e. The molecular weight excluding hydrogens is 196 g/mol. The van der Waals surface area contributed by atoms with Crippen molar-refractivity contribution in [2.24, 2.45) is 11.7 Å². The highest BCUT2D eigenvalue weighted by Crippen LogP contribution is 2.01. The van der Waals surface area contributed by atoms with E-state index in [1.165, 1.54) is 0 Å². The number of hydrogen-bond donors (Lipinski definition) is 2. The summed E-state index contributed by atoms with van der Waals surface area (Å²) in [6, 6.07) is 0. The smallest absolute Gasteiger partial charge is 0.246 e. The molecule has 1 aromatic rings. The van der Waals surface area contributed by atoms with Gasteiger partial charge in [-0.15, -0.1) is 0 Å². The molecule has 1 atom stereocenters. The molecule has 0 saturated heterocycles. The molecule has 0 bridgehead atoms. The van der Waals surface area contributed by atoms with Gasteiger partial charge in [0.05, 0.1) is 6.54 Å². The molecule has 1 unspecified atom stereocenters. The van der Waals surface area contributed by atoms with Gasteiger partial charge in [-0.3, -0.25) is 4.79 Å². The van der Waals surface area contributed by atoms with Crippen molar-refractivity contribution in [1.82, 2.24) is 15.5 Å². The molecule has 0 radical (unpaired) electrons. The Kier molecular flexibility index (Phi) is 4.23. The number of hydrogen-bond acceptors (Lipinski definition) is 5. The Bertz CT molecular complexity index is 320. The zero-order valence-corrected chi connectivity index (χ0v) is 8.99. The molecule has 15 heavy (non-hydrogen) atoms. The van der Waals surface area contributed by atoms with Crippen LogP contribution in [0.15, 0.2) is 4.52 Å². The van der Waals surface area contributed by atoms with Crippen molar-refractivity contribution in [1.29, 1.82) is 0 Å². The minimum Gasteiger partial charge on any atom is -0.347 e. The maximum Gasteiger partial charge on any atom is 0.246 e. The van der Waals surface area contributed by atoms with Crippen LogP contribution < -0.4 is 11.1 Å². The Labute approximate surface area is 88.2 Å². The van der Waals surface area contributed by atoms with Crippen molar-refractivity contribution in [3.05, 3.63) is 11.7 Å². The van der Waals surface area contributed by atoms with Crippen LogP contribution in [0.4, 0.5) is 0 Å². The van der Waals surface area contributed by atoms with Crippen molar-refractivity contribution >= 4 is 5.91 Å². The third kappa shape index (κ3) is 3.32. The number of nitrogens with one attached hydrogen (secondary N) is 1. The SMILES string of the molecule is CCC(CN)C(=O)NCc1nc(C)no1. The summed E-state index contributed by atoms with van der Waals surface area (Å²) in [5.41, 5.74) is 5.45. The fraction of sp³-hybridized carbons (Fsp3) is 0.667. The normalized spacial score (nSPS) is 12.5. The van der Waals surface area contributed by atoms with Gasteiger partial charge in [0.25, 0.3) is 0 Å². The van der Waals surface area contributed by atoms with E-state index < -0.39 is 0 Å². The molecule has 0 aromatic carbocycles. The second-order valence-corrected chi connectivity index (χ2v) is 3.29. The van der Waals surface area contributed by atoms with Crippen molar-refractivity contribution in [2.45, 2.75) is 26.8 Å². The van der Waals surface area contributed by atoms with Crippen LogP contribution in [0.2, 0.25) is 0 Å². The number of nitrogens with two attached hydrogens (primary N) is 1. The van der Waals surface area contributed by atoms with Gasteiger partial charge in [0.15, 0.2) is 5.82 Å². The average Bonchev–Trinajstić information content (AvgIpc) is 2.63. The van der Waals surface area contributed by atoms with Gasteiger partial charge in [-0.05, 0) is 13.3 Å². The minimum absolute atomic E-state index is 0.0733. The van der Waals surface area contributed by atoms with Crippen molar-refractivity contribution in [3.63, 3.8) is 0 Å². The fourth-order valence-corrected chi connectivity index (χ4v) is 1.18. The third-order valence-corrected chi connectivity index (χ3v) is 2.13. The first-order chi connectivity index (χ1) is 7.17. The van der Waals surface area contributed by atoms with E-state index in [-0.39, 0.29) is 18.4 Å². The lowest BCUT2D eigenvalue weighted by molar-refractivity contribution is -0.125. The lowest BCUT2D eigenvalue weighted by Crippen LogP contribution is -2.34. The summed E-state index contributed by atoms with van der Waals surface area (Å²) in [5.74, 6) is 0.753. The highest BCUT2D eigenvalue weighted by atomic mass is 16.5. The van der Waals surface area contributed by atoms with Crippen molar-refractivity contribution in [3.8, 4) is 0 Å². The van der Waals surface area contributed by atoms with Crippen LogP contribution >= 0.6 is 0 Å². The van der Waals surface area contributed by atoms with E-state index in [1.807, 2.05) is 6.92 Å². The topological polar surface area (TPSA) is 94.0 Å². The van der Waals surface area contributed by atoms with E-state index in [9.17, 15) is 4.79 Å². The zero-order chi connectivity index (χ0) is 11.3. The number of carbonyl (C=O) groups is 1. The van der Waals surface area contributed by atoms with Gasteiger partial charge < -0.3 is 15.6 Å². The minimum atomic E-state index is -0.144. The standard InChI is InChI=1S/C9H16N4O2/c1-3-7(4-10)9(14)11-5-8-12-6(2)13-15-8/h7H,3-5,10H2,1-2H3,(H,11,14). The Morgan fingerprint density at radius 1 is 1.67 bits per heavy atom. The van der Waals surface area contributed by atoms with Gasteiger partial charge in [0.2, 0.25) is 11.8 Å². The molecule has 0 saturated carbocycles. The van der Waals surface area contributed by atoms with Gasteiger partial charge >= 0.3 is 0 Å². The van der Waals surface area contributed by atoms with E-state index in [1.54, 1.807) is 6.92 Å². The highest BCUT2D eigenvalue weighted by molar-refractivity contribution is 5.78. The van der Waals surface area contributed by atoms with Crippen LogP contribution in [-0.2, 0) is 11.3 Å². The number of carbonyl (C=O) groups excluding carboxylic acids is 1. The Morgan fingerprint density at radius 2 is 2.40 bits per heavy atom. The van der Waals surface area contributed by atoms with Gasteiger partial charge in [-0.1, -0.05) is 12.1 Å². The molecule has 84 valence electrons. The summed E-state index contributed by atoms with van der Waals surface area (Å²) in [6.45, 7) is 4.26. The molecule has 6 heteroatoms. The fourth-order valence-electron chi connectivity index (χ4n) is 1.18.